The third-order valence-corrected chi connectivity index (χ3v) is 4.31. The number of rotatable bonds is 2. The van der Waals surface area contributed by atoms with Crippen molar-refractivity contribution in [1.82, 2.24) is 9.47 Å². The van der Waals surface area contributed by atoms with Crippen molar-refractivity contribution in [2.75, 3.05) is 13.6 Å². The second-order valence-electron chi connectivity index (χ2n) is 4.95. The zero-order valence-electron chi connectivity index (χ0n) is 10.1. The number of benzene rings is 1. The first-order chi connectivity index (χ1) is 8.24. The average Bonchev–Trinajstić information content (AvgIpc) is 2.87. The first kappa shape index (κ1) is 11.3. The summed E-state index contributed by atoms with van der Waals surface area (Å²) < 4.78 is 3.54. The van der Waals surface area contributed by atoms with Crippen molar-refractivity contribution >= 4 is 26.8 Å². The molecule has 0 aliphatic carbocycles. The van der Waals surface area contributed by atoms with Gasteiger partial charge < -0.3 is 9.47 Å². The van der Waals surface area contributed by atoms with Crippen molar-refractivity contribution in [3.63, 3.8) is 0 Å². The SMILES string of the molecule is CN1CCCC1Cn1ccc2cc(Br)ccc21. The topological polar surface area (TPSA) is 8.17 Å². The molecule has 90 valence electrons. The Balaban J connectivity index is 1.90. The second kappa shape index (κ2) is 4.46. The van der Waals surface area contributed by atoms with E-state index in [0.717, 1.165) is 11.0 Å². The Morgan fingerprint density at radius 3 is 3.00 bits per heavy atom. The number of halogens is 1. The Kier molecular flexibility index (Phi) is 2.97. The van der Waals surface area contributed by atoms with Crippen LogP contribution in [0, 0.1) is 0 Å². The van der Waals surface area contributed by atoms with E-state index in [1.807, 2.05) is 0 Å². The van der Waals surface area contributed by atoms with Crippen LogP contribution in [-0.4, -0.2) is 29.1 Å². The summed E-state index contributed by atoms with van der Waals surface area (Å²) in [6.45, 7) is 2.36. The molecule has 1 unspecified atom stereocenters. The van der Waals surface area contributed by atoms with Crippen molar-refractivity contribution in [1.29, 1.82) is 0 Å². The number of likely N-dealkylation sites (N-methyl/N-ethyl adjacent to an activating group) is 1. The Morgan fingerprint density at radius 1 is 1.35 bits per heavy atom. The molecule has 3 rings (SSSR count). The van der Waals surface area contributed by atoms with Gasteiger partial charge in [-0.15, -0.1) is 0 Å². The molecular weight excluding hydrogens is 276 g/mol. The maximum atomic E-state index is 3.52. The fraction of sp³-hybridized carbons (Fsp3) is 0.429. The van der Waals surface area contributed by atoms with Crippen molar-refractivity contribution in [2.45, 2.75) is 25.4 Å². The smallest absolute Gasteiger partial charge is 0.0481 e. The molecule has 0 N–H and O–H groups in total. The molecule has 1 saturated heterocycles. The van der Waals surface area contributed by atoms with Crippen molar-refractivity contribution in [3.05, 3.63) is 34.9 Å². The maximum Gasteiger partial charge on any atom is 0.0481 e. The molecule has 1 aromatic heterocycles. The van der Waals surface area contributed by atoms with E-state index in [9.17, 15) is 0 Å². The van der Waals surface area contributed by atoms with E-state index in [0.29, 0.717) is 6.04 Å². The van der Waals surface area contributed by atoms with Crippen LogP contribution in [0.3, 0.4) is 0 Å². The highest BCUT2D eigenvalue weighted by Gasteiger charge is 2.21. The summed E-state index contributed by atoms with van der Waals surface area (Å²) in [6, 6.07) is 9.42. The summed E-state index contributed by atoms with van der Waals surface area (Å²) in [5.41, 5.74) is 1.34. The van der Waals surface area contributed by atoms with Crippen LogP contribution >= 0.6 is 15.9 Å². The molecule has 2 heterocycles. The van der Waals surface area contributed by atoms with Gasteiger partial charge in [0.15, 0.2) is 0 Å². The van der Waals surface area contributed by atoms with Gasteiger partial charge in [0.05, 0.1) is 0 Å². The monoisotopic (exact) mass is 292 g/mol. The predicted octanol–water partition coefficient (Wildman–Crippen LogP) is 3.50. The van der Waals surface area contributed by atoms with E-state index in [4.69, 9.17) is 0 Å². The third kappa shape index (κ3) is 2.14. The largest absolute Gasteiger partial charge is 0.346 e. The molecule has 0 amide bonds. The van der Waals surface area contributed by atoms with Gasteiger partial charge >= 0.3 is 0 Å². The lowest BCUT2D eigenvalue weighted by Gasteiger charge is -2.20. The van der Waals surface area contributed by atoms with Crippen LogP contribution in [0.1, 0.15) is 12.8 Å². The zero-order valence-corrected chi connectivity index (χ0v) is 11.7. The lowest BCUT2D eigenvalue weighted by atomic mass is 10.2. The van der Waals surface area contributed by atoms with E-state index >= 15 is 0 Å². The van der Waals surface area contributed by atoms with Crippen LogP contribution in [-0.2, 0) is 6.54 Å². The van der Waals surface area contributed by atoms with E-state index in [1.165, 1.54) is 30.3 Å². The minimum Gasteiger partial charge on any atom is -0.346 e. The molecule has 1 fully saturated rings. The van der Waals surface area contributed by atoms with Crippen LogP contribution in [0.25, 0.3) is 10.9 Å². The Hall–Kier alpha value is -0.800. The van der Waals surface area contributed by atoms with Crippen LogP contribution in [0.5, 0.6) is 0 Å². The van der Waals surface area contributed by atoms with Gasteiger partial charge in [0.1, 0.15) is 0 Å². The number of hydrogen-bond acceptors (Lipinski definition) is 1. The van der Waals surface area contributed by atoms with Crippen molar-refractivity contribution < 1.29 is 0 Å². The molecule has 0 radical (unpaired) electrons. The molecule has 1 aliphatic rings. The molecule has 2 aromatic rings. The average molecular weight is 293 g/mol. The number of likely N-dealkylation sites (tertiary alicyclic amines) is 1. The van der Waals surface area contributed by atoms with Gasteiger partial charge in [-0.25, -0.2) is 0 Å². The zero-order chi connectivity index (χ0) is 11.8. The van der Waals surface area contributed by atoms with Crippen molar-refractivity contribution in [3.8, 4) is 0 Å². The van der Waals surface area contributed by atoms with Gasteiger partial charge in [0.2, 0.25) is 0 Å². The predicted molar refractivity (Wildman–Crippen MR) is 75.3 cm³/mol. The quantitative estimate of drug-likeness (QED) is 0.822. The normalized spacial score (nSPS) is 21.4. The van der Waals surface area contributed by atoms with Gasteiger partial charge in [0.25, 0.3) is 0 Å². The number of hydrogen-bond donors (Lipinski definition) is 0. The molecule has 3 heteroatoms. The van der Waals surface area contributed by atoms with Gasteiger partial charge in [0, 0.05) is 34.2 Å². The summed E-state index contributed by atoms with van der Waals surface area (Å²) in [5.74, 6) is 0. The van der Waals surface area contributed by atoms with Crippen LogP contribution in [0.4, 0.5) is 0 Å². The Labute approximate surface area is 110 Å². The Morgan fingerprint density at radius 2 is 2.24 bits per heavy atom. The molecule has 1 aromatic carbocycles. The fourth-order valence-electron chi connectivity index (χ4n) is 2.77. The lowest BCUT2D eigenvalue weighted by molar-refractivity contribution is 0.284. The highest BCUT2D eigenvalue weighted by Crippen LogP contribution is 2.23. The third-order valence-electron chi connectivity index (χ3n) is 3.81. The molecule has 1 aliphatic heterocycles. The van der Waals surface area contributed by atoms with E-state index in [-0.39, 0.29) is 0 Å². The van der Waals surface area contributed by atoms with Crippen LogP contribution in [0.2, 0.25) is 0 Å². The van der Waals surface area contributed by atoms with Crippen LogP contribution in [0.15, 0.2) is 34.9 Å². The number of fused-ring (bicyclic) bond motifs is 1. The number of aromatic nitrogens is 1. The lowest BCUT2D eigenvalue weighted by Crippen LogP contribution is -2.28. The minimum absolute atomic E-state index is 0.703. The van der Waals surface area contributed by atoms with E-state index in [1.54, 1.807) is 0 Å². The first-order valence-electron chi connectivity index (χ1n) is 6.19. The second-order valence-corrected chi connectivity index (χ2v) is 5.86. The van der Waals surface area contributed by atoms with E-state index in [2.05, 4.69) is 62.9 Å². The minimum atomic E-state index is 0.703. The first-order valence-corrected chi connectivity index (χ1v) is 6.98. The summed E-state index contributed by atoms with van der Waals surface area (Å²) in [4.78, 5) is 2.48. The van der Waals surface area contributed by atoms with Crippen molar-refractivity contribution in [2.24, 2.45) is 0 Å². The summed E-state index contributed by atoms with van der Waals surface area (Å²) in [6.07, 6.45) is 4.88. The molecule has 2 nitrogen and oxygen atoms in total. The molecular formula is C14H17BrN2. The molecule has 0 spiro atoms. The molecule has 0 saturated carbocycles. The molecule has 1 atom stereocenters. The van der Waals surface area contributed by atoms with Gasteiger partial charge in [-0.3, -0.25) is 0 Å². The highest BCUT2D eigenvalue weighted by atomic mass is 79.9. The Bertz CT molecular complexity index is 532. The fourth-order valence-corrected chi connectivity index (χ4v) is 3.15. The molecule has 0 bridgehead atoms. The van der Waals surface area contributed by atoms with E-state index < -0.39 is 0 Å². The van der Waals surface area contributed by atoms with Gasteiger partial charge in [-0.05, 0) is 50.7 Å². The maximum absolute atomic E-state index is 3.52. The summed E-state index contributed by atoms with van der Waals surface area (Å²) >= 11 is 3.52. The summed E-state index contributed by atoms with van der Waals surface area (Å²) in [7, 11) is 2.24. The van der Waals surface area contributed by atoms with Gasteiger partial charge in [-0.2, -0.15) is 0 Å². The van der Waals surface area contributed by atoms with Gasteiger partial charge in [-0.1, -0.05) is 15.9 Å². The standard InChI is InChI=1S/C14H17BrN2/c1-16-7-2-3-13(16)10-17-8-6-11-9-12(15)4-5-14(11)17/h4-6,8-9,13H,2-3,7,10H2,1H3. The number of nitrogens with zero attached hydrogens (tertiary/aromatic N) is 2. The van der Waals surface area contributed by atoms with Crippen LogP contribution < -0.4 is 0 Å². The molecule has 17 heavy (non-hydrogen) atoms. The highest BCUT2D eigenvalue weighted by molar-refractivity contribution is 9.10. The summed E-state index contributed by atoms with van der Waals surface area (Å²) in [5, 5.41) is 1.32.